The highest BCUT2D eigenvalue weighted by Crippen LogP contribution is 2.36. The number of aliphatic imine (C=N–C) groups is 1. The van der Waals surface area contributed by atoms with E-state index in [1.807, 2.05) is 6.07 Å². The summed E-state index contributed by atoms with van der Waals surface area (Å²) in [6.07, 6.45) is 0. The second-order valence-electron chi connectivity index (χ2n) is 5.26. The molecule has 2 aromatic carbocycles. The molecule has 2 rings (SSSR count). The third-order valence-electron chi connectivity index (χ3n) is 3.57. The van der Waals surface area contributed by atoms with Crippen LogP contribution in [0.25, 0.3) is 0 Å². The standard InChI is InChI=1S/C18H22FN3O3/c1-20-18(21-10-12-5-4-6-14(19)7-12)22-11-13-8-15(24-2)17(23)16(9-13)25-3/h4-9,23H,10-11H2,1-3H3,(H2,20,21,22). The van der Waals surface area contributed by atoms with Crippen LogP contribution < -0.4 is 20.1 Å². The summed E-state index contributed by atoms with van der Waals surface area (Å²) in [5.74, 6) is 0.917. The first-order valence-electron chi connectivity index (χ1n) is 7.70. The summed E-state index contributed by atoms with van der Waals surface area (Å²) in [5.41, 5.74) is 1.66. The van der Waals surface area contributed by atoms with E-state index in [2.05, 4.69) is 15.6 Å². The Kier molecular flexibility index (Phi) is 6.45. The van der Waals surface area contributed by atoms with Crippen molar-refractivity contribution in [2.24, 2.45) is 4.99 Å². The van der Waals surface area contributed by atoms with Crippen LogP contribution in [0.15, 0.2) is 41.4 Å². The van der Waals surface area contributed by atoms with Crippen LogP contribution in [0, 0.1) is 5.82 Å². The van der Waals surface area contributed by atoms with E-state index in [-0.39, 0.29) is 11.6 Å². The van der Waals surface area contributed by atoms with Gasteiger partial charge in [0.2, 0.25) is 5.75 Å². The van der Waals surface area contributed by atoms with Gasteiger partial charge in [-0.1, -0.05) is 12.1 Å². The van der Waals surface area contributed by atoms with E-state index in [0.717, 1.165) is 11.1 Å². The van der Waals surface area contributed by atoms with Crippen LogP contribution >= 0.6 is 0 Å². The average Bonchev–Trinajstić information content (AvgIpc) is 2.62. The highest BCUT2D eigenvalue weighted by Gasteiger charge is 2.11. The van der Waals surface area contributed by atoms with Crippen LogP contribution in [-0.4, -0.2) is 32.3 Å². The van der Waals surface area contributed by atoms with Crippen LogP contribution in [0.3, 0.4) is 0 Å². The Balaban J connectivity index is 1.99. The number of hydrogen-bond donors (Lipinski definition) is 3. The zero-order valence-corrected chi connectivity index (χ0v) is 14.5. The lowest BCUT2D eigenvalue weighted by atomic mass is 10.2. The number of benzene rings is 2. The zero-order chi connectivity index (χ0) is 18.2. The van der Waals surface area contributed by atoms with Crippen molar-refractivity contribution in [3.63, 3.8) is 0 Å². The molecule has 0 heterocycles. The van der Waals surface area contributed by atoms with Crippen molar-refractivity contribution in [2.45, 2.75) is 13.1 Å². The SMILES string of the molecule is CN=C(NCc1cccc(F)c1)NCc1cc(OC)c(O)c(OC)c1. The van der Waals surface area contributed by atoms with Crippen molar-refractivity contribution in [3.05, 3.63) is 53.3 Å². The summed E-state index contributed by atoms with van der Waals surface area (Å²) in [6, 6.07) is 9.80. The van der Waals surface area contributed by atoms with Crippen molar-refractivity contribution in [2.75, 3.05) is 21.3 Å². The molecule has 0 bridgehead atoms. The number of hydrogen-bond acceptors (Lipinski definition) is 4. The quantitative estimate of drug-likeness (QED) is 0.553. The van der Waals surface area contributed by atoms with Gasteiger partial charge in [0.05, 0.1) is 14.2 Å². The van der Waals surface area contributed by atoms with Crippen molar-refractivity contribution >= 4 is 5.96 Å². The van der Waals surface area contributed by atoms with Crippen LogP contribution in [0.5, 0.6) is 17.2 Å². The summed E-state index contributed by atoms with van der Waals surface area (Å²) in [6.45, 7) is 0.884. The van der Waals surface area contributed by atoms with E-state index < -0.39 is 0 Å². The minimum atomic E-state index is -0.273. The van der Waals surface area contributed by atoms with Crippen LogP contribution in [0.4, 0.5) is 4.39 Å². The Morgan fingerprint density at radius 1 is 1.04 bits per heavy atom. The minimum Gasteiger partial charge on any atom is -0.502 e. The predicted octanol–water partition coefficient (Wildman–Crippen LogP) is 2.41. The molecule has 0 saturated carbocycles. The lowest BCUT2D eigenvalue weighted by Gasteiger charge is -2.14. The summed E-state index contributed by atoms with van der Waals surface area (Å²) in [5, 5.41) is 16.2. The number of phenolic OH excluding ortho intramolecular Hbond substituents is 1. The number of aromatic hydroxyl groups is 1. The molecule has 0 aliphatic carbocycles. The Bertz CT molecular complexity index is 725. The summed E-state index contributed by atoms with van der Waals surface area (Å²) in [4.78, 5) is 4.13. The van der Waals surface area contributed by atoms with E-state index in [4.69, 9.17) is 9.47 Å². The Hall–Kier alpha value is -2.96. The van der Waals surface area contributed by atoms with E-state index in [1.54, 1.807) is 25.2 Å². The van der Waals surface area contributed by atoms with E-state index in [9.17, 15) is 9.50 Å². The molecule has 25 heavy (non-hydrogen) atoms. The molecule has 0 spiro atoms. The van der Waals surface area contributed by atoms with Gasteiger partial charge >= 0.3 is 0 Å². The van der Waals surface area contributed by atoms with Gasteiger partial charge < -0.3 is 25.2 Å². The molecule has 134 valence electrons. The molecule has 0 unspecified atom stereocenters. The molecule has 0 aliphatic heterocycles. The number of nitrogens with one attached hydrogen (secondary N) is 2. The second kappa shape index (κ2) is 8.77. The molecule has 2 aromatic rings. The fourth-order valence-electron chi connectivity index (χ4n) is 2.29. The van der Waals surface area contributed by atoms with E-state index in [0.29, 0.717) is 30.5 Å². The van der Waals surface area contributed by atoms with Crippen molar-refractivity contribution < 1.29 is 19.0 Å². The average molecular weight is 347 g/mol. The fourth-order valence-corrected chi connectivity index (χ4v) is 2.29. The van der Waals surface area contributed by atoms with Gasteiger partial charge in [-0.3, -0.25) is 4.99 Å². The highest BCUT2D eigenvalue weighted by atomic mass is 19.1. The van der Waals surface area contributed by atoms with Gasteiger partial charge in [-0.25, -0.2) is 4.39 Å². The largest absolute Gasteiger partial charge is 0.502 e. The molecular formula is C18H22FN3O3. The van der Waals surface area contributed by atoms with Crippen molar-refractivity contribution in [1.82, 2.24) is 10.6 Å². The molecule has 0 fully saturated rings. The molecular weight excluding hydrogens is 325 g/mol. The maximum atomic E-state index is 13.2. The van der Waals surface area contributed by atoms with Gasteiger partial charge in [-0.05, 0) is 35.4 Å². The first-order chi connectivity index (χ1) is 12.1. The third-order valence-corrected chi connectivity index (χ3v) is 3.57. The highest BCUT2D eigenvalue weighted by molar-refractivity contribution is 5.79. The normalized spacial score (nSPS) is 11.1. The maximum absolute atomic E-state index is 13.2. The minimum absolute atomic E-state index is 0.0395. The molecule has 0 aliphatic rings. The Labute approximate surface area is 146 Å². The molecule has 6 nitrogen and oxygen atoms in total. The van der Waals surface area contributed by atoms with E-state index >= 15 is 0 Å². The van der Waals surface area contributed by atoms with Crippen molar-refractivity contribution in [1.29, 1.82) is 0 Å². The lowest BCUT2D eigenvalue weighted by molar-refractivity contribution is 0.339. The number of nitrogens with zero attached hydrogens (tertiary/aromatic N) is 1. The number of ether oxygens (including phenoxy) is 2. The zero-order valence-electron chi connectivity index (χ0n) is 14.5. The molecule has 3 N–H and O–H groups in total. The monoisotopic (exact) mass is 347 g/mol. The Morgan fingerprint density at radius 3 is 2.16 bits per heavy atom. The Morgan fingerprint density at radius 2 is 1.64 bits per heavy atom. The molecule has 0 aromatic heterocycles. The number of rotatable bonds is 6. The van der Waals surface area contributed by atoms with Gasteiger partial charge in [0, 0.05) is 20.1 Å². The molecule has 0 atom stereocenters. The third kappa shape index (κ3) is 5.00. The first kappa shape index (κ1) is 18.4. The smallest absolute Gasteiger partial charge is 0.200 e. The van der Waals surface area contributed by atoms with Gasteiger partial charge in [-0.15, -0.1) is 0 Å². The topological polar surface area (TPSA) is 75.1 Å². The fraction of sp³-hybridized carbons (Fsp3) is 0.278. The van der Waals surface area contributed by atoms with Gasteiger partial charge in [-0.2, -0.15) is 0 Å². The molecule has 7 heteroatoms. The molecule has 0 amide bonds. The second-order valence-corrected chi connectivity index (χ2v) is 5.26. The van der Waals surface area contributed by atoms with Crippen LogP contribution in [0.2, 0.25) is 0 Å². The van der Waals surface area contributed by atoms with Crippen LogP contribution in [-0.2, 0) is 13.1 Å². The summed E-state index contributed by atoms with van der Waals surface area (Å²) < 4.78 is 23.5. The van der Waals surface area contributed by atoms with Gasteiger partial charge in [0.25, 0.3) is 0 Å². The number of phenols is 1. The number of halogens is 1. The van der Waals surface area contributed by atoms with E-state index in [1.165, 1.54) is 26.4 Å². The predicted molar refractivity (Wildman–Crippen MR) is 94.6 cm³/mol. The summed E-state index contributed by atoms with van der Waals surface area (Å²) in [7, 11) is 4.61. The molecule has 0 saturated heterocycles. The lowest BCUT2D eigenvalue weighted by Crippen LogP contribution is -2.36. The first-order valence-corrected chi connectivity index (χ1v) is 7.70. The van der Waals surface area contributed by atoms with Gasteiger partial charge in [0.15, 0.2) is 17.5 Å². The number of guanidine groups is 1. The summed E-state index contributed by atoms with van der Waals surface area (Å²) >= 11 is 0. The number of methoxy groups -OCH3 is 2. The van der Waals surface area contributed by atoms with Gasteiger partial charge in [0.1, 0.15) is 5.82 Å². The van der Waals surface area contributed by atoms with Crippen LogP contribution in [0.1, 0.15) is 11.1 Å². The molecule has 0 radical (unpaired) electrons. The maximum Gasteiger partial charge on any atom is 0.200 e. The van der Waals surface area contributed by atoms with Crippen molar-refractivity contribution in [3.8, 4) is 17.2 Å².